The summed E-state index contributed by atoms with van der Waals surface area (Å²) in [6, 6.07) is 3.89. The number of nitrogen functional groups attached to an aromatic ring is 1. The van der Waals surface area contributed by atoms with Crippen molar-refractivity contribution in [2.45, 2.75) is 63.6 Å². The van der Waals surface area contributed by atoms with Gasteiger partial charge in [-0.2, -0.15) is 9.61 Å². The van der Waals surface area contributed by atoms with Crippen LogP contribution in [0.4, 0.5) is 5.82 Å². The van der Waals surface area contributed by atoms with Crippen LogP contribution < -0.4 is 5.73 Å². The van der Waals surface area contributed by atoms with Crippen molar-refractivity contribution in [1.29, 1.82) is 0 Å². The minimum Gasteiger partial charge on any atom is -0.384 e. The molecule has 0 saturated carbocycles. The average molecular weight is 518 g/mol. The van der Waals surface area contributed by atoms with Crippen LogP contribution in [0.25, 0.3) is 27.5 Å². The summed E-state index contributed by atoms with van der Waals surface area (Å²) in [6.45, 7) is 3.01. The summed E-state index contributed by atoms with van der Waals surface area (Å²) in [6.07, 6.45) is 7.28. The molecule has 3 N–H and O–H groups in total. The van der Waals surface area contributed by atoms with Gasteiger partial charge in [-0.1, -0.05) is 6.07 Å². The highest BCUT2D eigenvalue weighted by molar-refractivity contribution is 7.13. The smallest absolute Gasteiger partial charge is 0.251 e. The van der Waals surface area contributed by atoms with E-state index in [0.717, 1.165) is 34.7 Å². The van der Waals surface area contributed by atoms with E-state index in [4.69, 9.17) is 10.7 Å². The SMILES string of the molecule is CC(=O)c1c(C2C[C@H]3CC[C@@H](C2)N3C(=O)C(C)O)nc2c(-c3ccc(-c4nccs4)nc3)cnn2c1N. The van der Waals surface area contributed by atoms with Crippen molar-refractivity contribution >= 4 is 34.5 Å². The van der Waals surface area contributed by atoms with E-state index in [1.807, 2.05) is 22.4 Å². The largest absolute Gasteiger partial charge is 0.384 e. The van der Waals surface area contributed by atoms with Gasteiger partial charge >= 0.3 is 0 Å². The molecule has 10 nitrogen and oxygen atoms in total. The summed E-state index contributed by atoms with van der Waals surface area (Å²) in [7, 11) is 0. The maximum Gasteiger partial charge on any atom is 0.251 e. The van der Waals surface area contributed by atoms with Gasteiger partial charge in [-0.25, -0.2) is 9.97 Å². The molecular formula is C26H27N7O3S. The molecule has 6 rings (SSSR count). The van der Waals surface area contributed by atoms with Crippen molar-refractivity contribution in [1.82, 2.24) is 29.5 Å². The van der Waals surface area contributed by atoms with E-state index in [9.17, 15) is 14.7 Å². The zero-order chi connectivity index (χ0) is 25.8. The van der Waals surface area contributed by atoms with Gasteiger partial charge in [0.25, 0.3) is 5.91 Å². The van der Waals surface area contributed by atoms with Crippen molar-refractivity contribution in [3.63, 3.8) is 0 Å². The number of carbonyl (C=O) groups excluding carboxylic acids is 2. The second kappa shape index (κ2) is 9.00. The minimum atomic E-state index is -1.03. The number of Topliss-reactive ketones (excluding diaryl/α,β-unsaturated/α-hetero) is 1. The second-order valence-electron chi connectivity index (χ2n) is 9.85. The van der Waals surface area contributed by atoms with E-state index in [2.05, 4.69) is 15.1 Å². The minimum absolute atomic E-state index is 0.0110. The first-order chi connectivity index (χ1) is 17.8. The number of pyridine rings is 1. The Morgan fingerprint density at radius 1 is 1.16 bits per heavy atom. The van der Waals surface area contributed by atoms with E-state index in [-0.39, 0.29) is 35.5 Å². The second-order valence-corrected chi connectivity index (χ2v) is 10.7. The zero-order valence-electron chi connectivity index (χ0n) is 20.5. The molecule has 2 aliphatic rings. The summed E-state index contributed by atoms with van der Waals surface area (Å²) in [4.78, 5) is 41.1. The number of anilines is 1. The van der Waals surface area contributed by atoms with Gasteiger partial charge in [0.15, 0.2) is 11.4 Å². The number of rotatable bonds is 5. The highest BCUT2D eigenvalue weighted by Crippen LogP contribution is 2.44. The number of aliphatic hydroxyl groups excluding tert-OH is 1. The first-order valence-electron chi connectivity index (χ1n) is 12.4. The number of ketones is 1. The summed E-state index contributed by atoms with van der Waals surface area (Å²) < 4.78 is 1.52. The Balaban J connectivity index is 1.41. The maximum absolute atomic E-state index is 12.8. The van der Waals surface area contributed by atoms with Crippen LogP contribution in [0.5, 0.6) is 0 Å². The molecule has 0 aliphatic carbocycles. The van der Waals surface area contributed by atoms with Crippen LogP contribution in [0.15, 0.2) is 36.1 Å². The molecule has 2 fully saturated rings. The van der Waals surface area contributed by atoms with Crippen molar-refractivity contribution in [2.75, 3.05) is 5.73 Å². The van der Waals surface area contributed by atoms with E-state index in [0.29, 0.717) is 29.7 Å². The number of carbonyl (C=O) groups is 2. The summed E-state index contributed by atoms with van der Waals surface area (Å²) in [5, 5.41) is 17.1. The Morgan fingerprint density at radius 2 is 1.92 bits per heavy atom. The van der Waals surface area contributed by atoms with Gasteiger partial charge in [-0.3, -0.25) is 14.6 Å². The fourth-order valence-corrected chi connectivity index (χ4v) is 6.51. The molecular weight excluding hydrogens is 490 g/mol. The lowest BCUT2D eigenvalue weighted by Crippen LogP contribution is -2.49. The molecule has 4 atom stereocenters. The number of hydrogen-bond donors (Lipinski definition) is 2. The van der Waals surface area contributed by atoms with Crippen LogP contribution in [-0.4, -0.2) is 64.5 Å². The van der Waals surface area contributed by atoms with E-state index >= 15 is 0 Å². The highest BCUT2D eigenvalue weighted by Gasteiger charge is 2.45. The van der Waals surface area contributed by atoms with Gasteiger partial charge in [0.05, 0.1) is 23.1 Å². The number of fused-ring (bicyclic) bond motifs is 3. The lowest BCUT2D eigenvalue weighted by molar-refractivity contribution is -0.144. The van der Waals surface area contributed by atoms with Crippen molar-refractivity contribution < 1.29 is 14.7 Å². The van der Waals surface area contributed by atoms with Crippen LogP contribution in [0.1, 0.15) is 61.5 Å². The van der Waals surface area contributed by atoms with Crippen molar-refractivity contribution in [2.24, 2.45) is 0 Å². The van der Waals surface area contributed by atoms with Gasteiger partial charge in [0.2, 0.25) is 0 Å². The van der Waals surface area contributed by atoms with Gasteiger partial charge in [-0.15, -0.1) is 11.3 Å². The number of aliphatic hydroxyl groups is 1. The fraction of sp³-hybridized carbons (Fsp3) is 0.385. The number of amides is 1. The fourth-order valence-electron chi connectivity index (χ4n) is 5.90. The Kier molecular flexibility index (Phi) is 5.76. The Labute approximate surface area is 217 Å². The number of aromatic nitrogens is 5. The number of nitrogens with zero attached hydrogens (tertiary/aromatic N) is 6. The van der Waals surface area contributed by atoms with E-state index in [1.165, 1.54) is 29.7 Å². The van der Waals surface area contributed by atoms with E-state index < -0.39 is 6.10 Å². The molecule has 0 radical (unpaired) electrons. The molecule has 4 aromatic heterocycles. The van der Waals surface area contributed by atoms with Crippen LogP contribution >= 0.6 is 11.3 Å². The van der Waals surface area contributed by atoms with Crippen LogP contribution in [0.2, 0.25) is 0 Å². The molecule has 2 bridgehead atoms. The number of nitrogens with two attached hydrogens (primary N) is 1. The first-order valence-corrected chi connectivity index (χ1v) is 13.3. The summed E-state index contributed by atoms with van der Waals surface area (Å²) in [5.41, 5.74) is 10.5. The van der Waals surface area contributed by atoms with Gasteiger partial charge < -0.3 is 15.7 Å². The monoisotopic (exact) mass is 517 g/mol. The number of hydrogen-bond acceptors (Lipinski definition) is 9. The van der Waals surface area contributed by atoms with E-state index in [1.54, 1.807) is 18.6 Å². The highest BCUT2D eigenvalue weighted by atomic mass is 32.1. The third-order valence-corrected chi connectivity index (χ3v) is 8.32. The van der Waals surface area contributed by atoms with Crippen molar-refractivity contribution in [3.8, 4) is 21.8 Å². The number of piperidine rings is 1. The predicted molar refractivity (Wildman–Crippen MR) is 139 cm³/mol. The molecule has 37 heavy (non-hydrogen) atoms. The topological polar surface area (TPSA) is 140 Å². The Morgan fingerprint density at radius 3 is 2.51 bits per heavy atom. The van der Waals surface area contributed by atoms with Gasteiger partial charge in [-0.05, 0) is 45.6 Å². The average Bonchev–Trinajstić information content (AvgIpc) is 3.62. The maximum atomic E-state index is 12.8. The van der Waals surface area contributed by atoms with Crippen LogP contribution in [0, 0.1) is 0 Å². The number of thiazole rings is 1. The predicted octanol–water partition coefficient (Wildman–Crippen LogP) is 3.32. The van der Waals surface area contributed by atoms with Crippen molar-refractivity contribution in [3.05, 3.63) is 47.4 Å². The normalized spacial score (nSPS) is 21.9. The first kappa shape index (κ1) is 23.7. The Bertz CT molecular complexity index is 1480. The van der Waals surface area contributed by atoms with Gasteiger partial charge in [0.1, 0.15) is 16.9 Å². The molecule has 2 unspecified atom stereocenters. The molecule has 190 valence electrons. The third kappa shape index (κ3) is 3.89. The lowest BCUT2D eigenvalue weighted by Gasteiger charge is -2.39. The standard InChI is InChI=1S/C26H27N7O3S/c1-13(34)21-22(16-9-17-4-5-18(10-16)32(17)26(36)14(2)35)31-24-19(12-30-33(24)23(21)27)15-3-6-20(29-11-15)25-28-7-8-37-25/h3,6-8,11-12,14,16-18,35H,4-5,9-10,27H2,1-2H3/t14?,16?,17-,18+. The Hall–Kier alpha value is -3.70. The molecule has 0 aromatic carbocycles. The molecule has 11 heteroatoms. The molecule has 6 heterocycles. The lowest BCUT2D eigenvalue weighted by atomic mass is 9.85. The quantitative estimate of drug-likeness (QED) is 0.384. The summed E-state index contributed by atoms with van der Waals surface area (Å²) in [5.74, 6) is -0.161. The molecule has 1 amide bonds. The molecule has 2 saturated heterocycles. The summed E-state index contributed by atoms with van der Waals surface area (Å²) >= 11 is 1.53. The zero-order valence-corrected chi connectivity index (χ0v) is 21.4. The molecule has 0 spiro atoms. The van der Waals surface area contributed by atoms with Crippen LogP contribution in [0.3, 0.4) is 0 Å². The molecule has 2 aliphatic heterocycles. The van der Waals surface area contributed by atoms with Gasteiger partial charge in [0, 0.05) is 46.9 Å². The third-order valence-electron chi connectivity index (χ3n) is 7.52. The van der Waals surface area contributed by atoms with Crippen LogP contribution in [-0.2, 0) is 4.79 Å². The molecule has 4 aromatic rings.